The number of rotatable bonds is 0. The molecule has 176 valence electrons. The van der Waals surface area contributed by atoms with E-state index in [4.69, 9.17) is 38.8 Å². The van der Waals surface area contributed by atoms with Crippen LogP contribution in [0.2, 0.25) is 0 Å². The van der Waals surface area contributed by atoms with Crippen molar-refractivity contribution in [2.75, 3.05) is 0 Å². The van der Waals surface area contributed by atoms with E-state index in [9.17, 15) is 0 Å². The predicted molar refractivity (Wildman–Crippen MR) is 141 cm³/mol. The molecule has 0 saturated heterocycles. The normalized spacial score (nSPS) is 13.8. The van der Waals surface area contributed by atoms with E-state index in [2.05, 4.69) is 69.8 Å². The summed E-state index contributed by atoms with van der Waals surface area (Å²) in [7, 11) is 19.4. The molecule has 0 fully saturated rings. The Labute approximate surface area is 229 Å². The standard InChI is InChI=1S/2C12H8N2.4ClH.2Ru/c2*1-3-9-5-6-10-4-2-8-14-12(10)11(9)13-7-1;;;;;;/h2*1-8H;4*1H;;/q2*-2;;;;;2*+4/p-4. The Hall–Kier alpha value is -1.51. The van der Waals surface area contributed by atoms with Gasteiger partial charge in [-0.2, -0.15) is 24.8 Å². The molecule has 4 aliphatic rings. The molecule has 0 aliphatic carbocycles. The molecule has 0 atom stereocenters. The molecule has 0 spiro atoms. The Morgan fingerprint density at radius 3 is 0.824 bits per heavy atom. The fourth-order valence-electron chi connectivity index (χ4n) is 3.36. The van der Waals surface area contributed by atoms with E-state index in [0.29, 0.717) is 0 Å². The van der Waals surface area contributed by atoms with Gasteiger partial charge in [0.15, 0.2) is 0 Å². The minimum atomic E-state index is -0.346. The van der Waals surface area contributed by atoms with Gasteiger partial charge in [0.1, 0.15) is 0 Å². The number of benzene rings is 2. The summed E-state index contributed by atoms with van der Waals surface area (Å²) in [5.41, 5.74) is 3.91. The Bertz CT molecular complexity index is 1160. The molecule has 34 heavy (non-hydrogen) atoms. The molecule has 10 heteroatoms. The van der Waals surface area contributed by atoms with Crippen molar-refractivity contribution in [2.45, 2.75) is 0 Å². The second-order valence-corrected chi connectivity index (χ2v) is 11.8. The summed E-state index contributed by atoms with van der Waals surface area (Å²) in [6.45, 7) is 0. The molecule has 0 N–H and O–H groups in total. The van der Waals surface area contributed by atoms with Crippen LogP contribution in [0.5, 0.6) is 0 Å². The van der Waals surface area contributed by atoms with Crippen molar-refractivity contribution in [1.29, 1.82) is 0 Å². The molecule has 0 bridgehead atoms. The van der Waals surface area contributed by atoms with Crippen molar-refractivity contribution < 1.29 is 30.3 Å². The van der Waals surface area contributed by atoms with Gasteiger partial charge in [-0.15, -0.1) is 22.7 Å². The molecule has 4 heterocycles. The molecule has 2 aromatic rings. The van der Waals surface area contributed by atoms with E-state index in [1.54, 1.807) is 24.8 Å². The fraction of sp³-hybridized carbons (Fsp3) is 0. The summed E-state index contributed by atoms with van der Waals surface area (Å²) in [6, 6.07) is 8.30. The first-order valence-corrected chi connectivity index (χ1v) is 18.6. The molecule has 0 saturated carbocycles. The maximum absolute atomic E-state index is 4.85. The van der Waals surface area contributed by atoms with Crippen LogP contribution in [0.3, 0.4) is 0 Å². The molecular formula is C24H16Cl4N4Ru2. The Morgan fingerprint density at radius 1 is 0.412 bits per heavy atom. The summed E-state index contributed by atoms with van der Waals surface area (Å²) in [4.78, 5) is 0. The zero-order valence-corrected chi connectivity index (χ0v) is 23.7. The van der Waals surface area contributed by atoms with E-state index in [-0.39, 0.29) is 30.3 Å². The average Bonchev–Trinajstić information content (AvgIpc) is 2.90. The van der Waals surface area contributed by atoms with Crippen LogP contribution in [-0.2, 0) is 30.3 Å². The number of nitrogens with zero attached hydrogens (tertiary/aromatic N) is 4. The predicted octanol–water partition coefficient (Wildman–Crippen LogP) is 7.38. The van der Waals surface area contributed by atoms with Gasteiger partial charge in [-0.3, -0.25) is 0 Å². The van der Waals surface area contributed by atoms with Crippen LogP contribution < -0.4 is 20.9 Å². The van der Waals surface area contributed by atoms with Gasteiger partial charge in [0.2, 0.25) is 0 Å². The van der Waals surface area contributed by atoms with Gasteiger partial charge in [0.05, 0.1) is 0 Å². The molecule has 0 radical (unpaired) electrons. The van der Waals surface area contributed by atoms with Gasteiger partial charge in [0, 0.05) is 0 Å². The van der Waals surface area contributed by atoms with Crippen LogP contribution >= 0.6 is 38.8 Å². The number of hydrogen-bond acceptors (Lipinski definition) is 0. The van der Waals surface area contributed by atoms with Gasteiger partial charge < -0.3 is 21.3 Å². The van der Waals surface area contributed by atoms with Gasteiger partial charge in [0.25, 0.3) is 0 Å². The first-order valence-electron chi connectivity index (χ1n) is 9.60. The SMILES string of the molecule is C1=C[N-]c2c3c(ccc2=C1)=CC=C[N-]3.C1=C[N-]c2c3c(ccc2=C1)=CC=C[N-]3.[Cl][Ru+2][Cl].[Cl][Ru+2][Cl]. The first-order chi connectivity index (χ1) is 16.7. The second kappa shape index (κ2) is 14.8. The molecule has 4 aliphatic heterocycles. The first kappa shape index (κ1) is 27.1. The zero-order valence-electron chi connectivity index (χ0n) is 17.2. The summed E-state index contributed by atoms with van der Waals surface area (Å²) in [6.07, 6.45) is 23.2. The Kier molecular flexibility index (Phi) is 11.8. The third-order valence-corrected chi connectivity index (χ3v) is 4.69. The number of allylic oxidation sites excluding steroid dienone is 4. The summed E-state index contributed by atoms with van der Waals surface area (Å²) >= 11 is -0.691. The van der Waals surface area contributed by atoms with Crippen LogP contribution in [-0.4, -0.2) is 0 Å². The van der Waals surface area contributed by atoms with Gasteiger partial charge in [-0.05, 0) is 20.9 Å². The van der Waals surface area contributed by atoms with E-state index in [1.165, 1.54) is 0 Å². The fourth-order valence-corrected chi connectivity index (χ4v) is 3.36. The summed E-state index contributed by atoms with van der Waals surface area (Å²) in [5, 5.41) is 21.9. The van der Waals surface area contributed by atoms with Crippen LogP contribution in [0.25, 0.3) is 45.6 Å². The van der Waals surface area contributed by atoms with Gasteiger partial charge in [-0.1, -0.05) is 72.9 Å². The van der Waals surface area contributed by atoms with Crippen LogP contribution in [0.15, 0.2) is 73.4 Å². The Balaban J connectivity index is 0.000000156. The van der Waals surface area contributed by atoms with Crippen molar-refractivity contribution in [3.8, 4) is 0 Å². The van der Waals surface area contributed by atoms with Crippen molar-refractivity contribution >= 4 is 85.8 Å². The van der Waals surface area contributed by atoms with E-state index in [1.807, 2.05) is 24.3 Å². The Morgan fingerprint density at radius 2 is 0.618 bits per heavy atom. The topological polar surface area (TPSA) is 56.4 Å². The molecule has 6 rings (SSSR count). The number of hydrogen-bond donors (Lipinski definition) is 0. The molecular weight excluding hydrogens is 688 g/mol. The molecule has 0 unspecified atom stereocenters. The summed E-state index contributed by atoms with van der Waals surface area (Å²) < 4.78 is 0. The van der Waals surface area contributed by atoms with Crippen molar-refractivity contribution in [1.82, 2.24) is 0 Å². The van der Waals surface area contributed by atoms with E-state index in [0.717, 1.165) is 43.6 Å². The molecule has 4 nitrogen and oxygen atoms in total. The van der Waals surface area contributed by atoms with Gasteiger partial charge in [-0.25, -0.2) is 0 Å². The average molecular weight is 704 g/mol. The van der Waals surface area contributed by atoms with Crippen molar-refractivity contribution in [3.05, 3.63) is 116 Å². The quantitative estimate of drug-likeness (QED) is 0.257. The third-order valence-electron chi connectivity index (χ3n) is 4.69. The molecule has 0 aromatic heterocycles. The van der Waals surface area contributed by atoms with E-state index < -0.39 is 0 Å². The second-order valence-electron chi connectivity index (χ2n) is 6.53. The monoisotopic (exact) mass is 704 g/mol. The van der Waals surface area contributed by atoms with Crippen molar-refractivity contribution in [3.63, 3.8) is 0 Å². The van der Waals surface area contributed by atoms with Crippen molar-refractivity contribution in [2.24, 2.45) is 0 Å². The summed E-state index contributed by atoms with van der Waals surface area (Å²) in [5.74, 6) is 0. The third kappa shape index (κ3) is 7.25. The number of halogens is 4. The van der Waals surface area contributed by atoms with Crippen LogP contribution in [0.4, 0.5) is 22.7 Å². The molecule has 0 amide bonds. The van der Waals surface area contributed by atoms with Gasteiger partial charge >= 0.3 is 69.1 Å². The molecule has 2 aromatic carbocycles. The zero-order chi connectivity index (χ0) is 24.2. The maximum atomic E-state index is 4.85. The minimum absolute atomic E-state index is 0.346. The number of fused-ring (bicyclic) bond motifs is 6. The van der Waals surface area contributed by atoms with E-state index >= 15 is 0 Å². The van der Waals surface area contributed by atoms with Crippen LogP contribution in [0, 0.1) is 0 Å². The van der Waals surface area contributed by atoms with Crippen LogP contribution in [0.1, 0.15) is 0 Å².